The molecule has 0 unspecified atom stereocenters. The molecule has 10 heteroatoms. The fraction of sp³-hybridized carbons (Fsp3) is 0.538. The van der Waals surface area contributed by atoms with Gasteiger partial charge in [-0.25, -0.2) is 0 Å². The average Bonchev–Trinajstić information content (AvgIpc) is 3.61. The van der Waals surface area contributed by atoms with Gasteiger partial charge in [0.05, 0.1) is 18.5 Å². The topological polar surface area (TPSA) is 85.3 Å². The number of fused-ring (bicyclic) bond motifs is 2. The number of nitrogens with zero attached hydrogens (tertiary/aromatic N) is 3. The van der Waals surface area contributed by atoms with E-state index in [1.54, 1.807) is 18.0 Å². The minimum atomic E-state index is -3.34. The lowest BCUT2D eigenvalue weighted by Crippen LogP contribution is -2.55. The van der Waals surface area contributed by atoms with Gasteiger partial charge < -0.3 is 29.1 Å². The van der Waals surface area contributed by atoms with Gasteiger partial charge in [-0.15, -0.1) is 0 Å². The molecule has 2 aromatic rings. The molecule has 2 amide bonds. The van der Waals surface area contributed by atoms with Gasteiger partial charge in [-0.2, -0.15) is 0 Å². The van der Waals surface area contributed by atoms with Crippen LogP contribution in [-0.2, 0) is 19.9 Å². The maximum atomic E-state index is 16.1. The number of amides is 2. The zero-order valence-corrected chi connectivity index (χ0v) is 31.0. The molecule has 2 aromatic carbocycles. The highest BCUT2D eigenvalue weighted by Crippen LogP contribution is 2.60. The summed E-state index contributed by atoms with van der Waals surface area (Å²) in [4.78, 5) is 35.2. The Morgan fingerprint density at radius 3 is 2.41 bits per heavy atom. The third kappa shape index (κ3) is 6.19. The van der Waals surface area contributed by atoms with Crippen molar-refractivity contribution in [1.82, 2.24) is 5.32 Å². The molecule has 8 nitrogen and oxygen atoms in total. The SMILES string of the molecule is CC(C)=CCC/C(C)=C/CN1C(=O)[C@@]2(O[C@@H](CCO)[C@H]([Si](C)(C)F)[C@H]2C)c2cc(N3CN(c4ccccc4)C4(CCNCC4)C3=O)ccc21. The summed E-state index contributed by atoms with van der Waals surface area (Å²) in [6.45, 7) is 13.7. The van der Waals surface area contributed by atoms with Crippen LogP contribution in [0.15, 0.2) is 71.8 Å². The molecule has 0 bridgehead atoms. The Kier molecular flexibility index (Phi) is 9.98. The second kappa shape index (κ2) is 13.8. The fourth-order valence-corrected chi connectivity index (χ4v) is 11.4. The van der Waals surface area contributed by atoms with Crippen LogP contribution in [0.3, 0.4) is 0 Å². The standard InChI is InChI=1S/C39H53FN4O4Si/c1-27(2)11-10-12-28(3)17-23-42-33-16-15-31(25-32(33)39(37(42)47)29(4)35(49(5,6)40)34(48-39)18-24-45)43-26-44(30-13-8-7-9-14-30)38(36(43)46)19-21-41-22-20-38/h7-9,11,13-17,25,29,34-35,41,45H,10,12,18-24,26H2,1-6H3/b28-17+/t29-,34+,35-,39+/m1/s1. The van der Waals surface area contributed by atoms with Crippen molar-refractivity contribution in [2.24, 2.45) is 5.92 Å². The summed E-state index contributed by atoms with van der Waals surface area (Å²) >= 11 is 0. The number of hydrogen-bond donors (Lipinski definition) is 2. The molecule has 4 aliphatic heterocycles. The maximum absolute atomic E-state index is 16.1. The first kappa shape index (κ1) is 35.5. The Morgan fingerprint density at radius 2 is 1.76 bits per heavy atom. The van der Waals surface area contributed by atoms with Crippen molar-refractivity contribution in [1.29, 1.82) is 0 Å². The molecular formula is C39H53FN4O4Si. The number of para-hydroxylation sites is 1. The molecule has 0 saturated carbocycles. The number of rotatable bonds is 10. The zero-order chi connectivity index (χ0) is 35.1. The molecule has 6 rings (SSSR count). The van der Waals surface area contributed by atoms with Gasteiger partial charge in [-0.1, -0.05) is 48.4 Å². The molecule has 264 valence electrons. The van der Waals surface area contributed by atoms with Gasteiger partial charge in [0.15, 0.2) is 5.60 Å². The number of aliphatic hydroxyl groups is 1. The van der Waals surface area contributed by atoms with E-state index in [0.717, 1.165) is 37.3 Å². The first-order valence-electron chi connectivity index (χ1n) is 17.9. The second-order valence-corrected chi connectivity index (χ2v) is 19.0. The molecule has 4 atom stereocenters. The minimum absolute atomic E-state index is 0.0525. The number of carbonyl (C=O) groups excluding carboxylic acids is 2. The van der Waals surface area contributed by atoms with E-state index in [1.807, 2.05) is 48.2 Å². The van der Waals surface area contributed by atoms with Crippen LogP contribution < -0.4 is 20.0 Å². The lowest BCUT2D eigenvalue weighted by molar-refractivity contribution is -0.146. The Balaban J connectivity index is 1.43. The molecular weight excluding hydrogens is 636 g/mol. The van der Waals surface area contributed by atoms with Gasteiger partial charge >= 0.3 is 0 Å². The van der Waals surface area contributed by atoms with Gasteiger partial charge in [0.25, 0.3) is 11.8 Å². The first-order chi connectivity index (χ1) is 23.3. The van der Waals surface area contributed by atoms with Gasteiger partial charge in [-0.05, 0) is 109 Å². The summed E-state index contributed by atoms with van der Waals surface area (Å²) in [6.07, 6.45) is 7.21. The normalized spacial score (nSPS) is 26.7. The van der Waals surface area contributed by atoms with E-state index < -0.39 is 37.1 Å². The molecule has 3 fully saturated rings. The number of benzene rings is 2. The summed E-state index contributed by atoms with van der Waals surface area (Å²) in [6, 6.07) is 16.0. The zero-order valence-electron chi connectivity index (χ0n) is 30.0. The Labute approximate surface area is 292 Å². The fourth-order valence-electron chi connectivity index (χ4n) is 8.89. The highest BCUT2D eigenvalue weighted by atomic mass is 28.4. The maximum Gasteiger partial charge on any atom is 0.264 e. The molecule has 3 saturated heterocycles. The van der Waals surface area contributed by atoms with Crippen LogP contribution in [-0.4, -0.2) is 69.9 Å². The average molecular weight is 689 g/mol. The third-order valence-corrected chi connectivity index (χ3v) is 13.8. The van der Waals surface area contributed by atoms with Crippen molar-refractivity contribution in [2.75, 3.05) is 47.6 Å². The Bertz CT molecular complexity index is 1610. The van der Waals surface area contributed by atoms with E-state index in [0.29, 0.717) is 37.3 Å². The van der Waals surface area contributed by atoms with Gasteiger partial charge in [-0.3, -0.25) is 14.5 Å². The van der Waals surface area contributed by atoms with E-state index >= 15 is 4.11 Å². The Hall–Kier alpha value is -3.31. The lowest BCUT2D eigenvalue weighted by Gasteiger charge is -2.39. The number of ether oxygens (including phenoxy) is 1. The third-order valence-electron chi connectivity index (χ3n) is 11.3. The number of aliphatic hydroxyl groups excluding tert-OH is 1. The van der Waals surface area contributed by atoms with Gasteiger partial charge in [0, 0.05) is 41.5 Å². The van der Waals surface area contributed by atoms with Crippen LogP contribution in [0.2, 0.25) is 18.6 Å². The monoisotopic (exact) mass is 688 g/mol. The predicted molar refractivity (Wildman–Crippen MR) is 197 cm³/mol. The molecule has 0 aliphatic carbocycles. The van der Waals surface area contributed by atoms with Crippen molar-refractivity contribution in [3.05, 3.63) is 77.4 Å². The van der Waals surface area contributed by atoms with E-state index in [4.69, 9.17) is 4.74 Å². The number of piperidine rings is 1. The van der Waals surface area contributed by atoms with Crippen LogP contribution in [0, 0.1) is 5.92 Å². The molecule has 4 aliphatic rings. The number of carbonyl (C=O) groups is 2. The Morgan fingerprint density at radius 1 is 1.04 bits per heavy atom. The van der Waals surface area contributed by atoms with Crippen molar-refractivity contribution in [2.45, 2.75) is 95.7 Å². The summed E-state index contributed by atoms with van der Waals surface area (Å²) in [5.74, 6) is -0.606. The molecule has 0 radical (unpaired) electrons. The number of allylic oxidation sites excluding steroid dienone is 3. The second-order valence-electron chi connectivity index (χ2n) is 15.2. The van der Waals surface area contributed by atoms with Crippen LogP contribution >= 0.6 is 0 Å². The number of halogens is 1. The molecule has 0 aromatic heterocycles. The smallest absolute Gasteiger partial charge is 0.264 e. The van der Waals surface area contributed by atoms with Crippen molar-refractivity contribution in [3.8, 4) is 0 Å². The molecule has 2 N–H and O–H groups in total. The molecule has 4 heterocycles. The minimum Gasteiger partial charge on any atom is -0.396 e. The van der Waals surface area contributed by atoms with E-state index in [9.17, 15) is 14.7 Å². The number of anilines is 3. The number of hydrogen-bond acceptors (Lipinski definition) is 6. The largest absolute Gasteiger partial charge is 0.396 e. The lowest BCUT2D eigenvalue weighted by atomic mass is 9.82. The van der Waals surface area contributed by atoms with E-state index in [2.05, 4.69) is 55.3 Å². The van der Waals surface area contributed by atoms with Crippen LogP contribution in [0.25, 0.3) is 0 Å². The van der Waals surface area contributed by atoms with Crippen LogP contribution in [0.4, 0.5) is 21.2 Å². The summed E-state index contributed by atoms with van der Waals surface area (Å²) in [5, 5.41) is 13.4. The summed E-state index contributed by atoms with van der Waals surface area (Å²) < 4.78 is 22.9. The predicted octanol–water partition coefficient (Wildman–Crippen LogP) is 6.82. The van der Waals surface area contributed by atoms with Crippen LogP contribution in [0.1, 0.15) is 65.4 Å². The molecule has 49 heavy (non-hydrogen) atoms. The highest BCUT2D eigenvalue weighted by Gasteiger charge is 2.66. The highest BCUT2D eigenvalue weighted by molar-refractivity contribution is 6.72. The molecule has 2 spiro atoms. The van der Waals surface area contributed by atoms with E-state index in [-0.39, 0.29) is 24.8 Å². The number of nitrogens with one attached hydrogen (secondary N) is 1. The van der Waals surface area contributed by atoms with E-state index in [1.165, 1.54) is 11.1 Å². The van der Waals surface area contributed by atoms with Crippen molar-refractivity contribution in [3.63, 3.8) is 0 Å². The van der Waals surface area contributed by atoms with Crippen molar-refractivity contribution >= 4 is 37.3 Å². The van der Waals surface area contributed by atoms with Crippen molar-refractivity contribution < 1.29 is 23.5 Å². The first-order valence-corrected chi connectivity index (χ1v) is 20.9. The summed E-state index contributed by atoms with van der Waals surface area (Å²) in [5.41, 5.74) is 3.03. The summed E-state index contributed by atoms with van der Waals surface area (Å²) in [7, 11) is -3.34. The van der Waals surface area contributed by atoms with Gasteiger partial charge in [0.1, 0.15) is 5.54 Å². The quantitative estimate of drug-likeness (QED) is 0.162. The van der Waals surface area contributed by atoms with Crippen LogP contribution in [0.5, 0.6) is 0 Å². The van der Waals surface area contributed by atoms with Gasteiger partial charge in [0.2, 0.25) is 8.41 Å².